The van der Waals surface area contributed by atoms with E-state index in [2.05, 4.69) is 18.7 Å². The molecular weight excluding hydrogens is 174 g/mol. The summed E-state index contributed by atoms with van der Waals surface area (Å²) in [6, 6.07) is 0.663. The number of unbranched alkanes of at least 4 members (excludes halogenated alkanes) is 1. The van der Waals surface area contributed by atoms with E-state index in [9.17, 15) is 0 Å². The third-order valence-electron chi connectivity index (χ3n) is 3.48. The van der Waals surface area contributed by atoms with Gasteiger partial charge in [0.2, 0.25) is 0 Å². The molecule has 2 heterocycles. The van der Waals surface area contributed by atoms with Crippen molar-refractivity contribution < 1.29 is 4.74 Å². The van der Waals surface area contributed by atoms with Crippen LogP contribution < -0.4 is 0 Å². The molecule has 0 aromatic carbocycles. The largest absolute Gasteiger partial charge is 0.377 e. The van der Waals surface area contributed by atoms with Crippen molar-refractivity contribution in [3.8, 4) is 0 Å². The molecule has 1 saturated heterocycles. The Hall–Kier alpha value is -0.500. The van der Waals surface area contributed by atoms with Crippen LogP contribution in [-0.2, 0) is 4.74 Å². The van der Waals surface area contributed by atoms with Crippen molar-refractivity contribution >= 4 is 0 Å². The van der Waals surface area contributed by atoms with Crippen LogP contribution in [0, 0.1) is 0 Å². The number of hydrogen-bond acceptors (Lipinski definition) is 2. The first kappa shape index (κ1) is 10.0. The summed E-state index contributed by atoms with van der Waals surface area (Å²) in [5, 5.41) is 0. The molecule has 14 heavy (non-hydrogen) atoms. The minimum absolute atomic E-state index is 0.663. The molecule has 0 N–H and O–H groups in total. The van der Waals surface area contributed by atoms with Gasteiger partial charge in [-0.1, -0.05) is 13.3 Å². The lowest BCUT2D eigenvalue weighted by atomic mass is 10.0. The summed E-state index contributed by atoms with van der Waals surface area (Å²) < 4.78 is 5.52. The Balaban J connectivity index is 1.99. The molecule has 1 unspecified atom stereocenters. The maximum absolute atomic E-state index is 5.52. The van der Waals surface area contributed by atoms with Gasteiger partial charge in [-0.2, -0.15) is 0 Å². The van der Waals surface area contributed by atoms with Gasteiger partial charge < -0.3 is 9.64 Å². The van der Waals surface area contributed by atoms with Gasteiger partial charge in [0.05, 0.1) is 19.3 Å². The van der Waals surface area contributed by atoms with Crippen LogP contribution in [0.2, 0.25) is 0 Å². The summed E-state index contributed by atoms with van der Waals surface area (Å²) in [6.45, 7) is 7.51. The van der Waals surface area contributed by atoms with E-state index < -0.39 is 0 Å². The minimum Gasteiger partial charge on any atom is -0.377 e. The van der Waals surface area contributed by atoms with Crippen LogP contribution in [0.5, 0.6) is 0 Å². The fourth-order valence-electron chi connectivity index (χ4n) is 2.57. The highest BCUT2D eigenvalue weighted by atomic mass is 16.5. The summed E-state index contributed by atoms with van der Waals surface area (Å²) in [6.07, 6.45) is 5.20. The van der Waals surface area contributed by atoms with Crippen molar-refractivity contribution in [1.29, 1.82) is 0 Å². The zero-order valence-corrected chi connectivity index (χ0v) is 9.38. The van der Waals surface area contributed by atoms with Crippen molar-refractivity contribution in [1.82, 2.24) is 4.90 Å². The van der Waals surface area contributed by atoms with E-state index in [1.54, 1.807) is 11.3 Å². The van der Waals surface area contributed by atoms with Gasteiger partial charge in [-0.3, -0.25) is 0 Å². The van der Waals surface area contributed by atoms with Crippen LogP contribution in [0.25, 0.3) is 0 Å². The fourth-order valence-corrected chi connectivity index (χ4v) is 2.57. The normalized spacial score (nSPS) is 27.0. The minimum atomic E-state index is 0.663. The van der Waals surface area contributed by atoms with Crippen LogP contribution in [0.4, 0.5) is 0 Å². The molecule has 0 saturated carbocycles. The molecule has 80 valence electrons. The molecule has 2 heteroatoms. The molecule has 2 aliphatic heterocycles. The van der Waals surface area contributed by atoms with Crippen LogP contribution in [0.1, 0.15) is 39.5 Å². The molecule has 2 rings (SSSR count). The molecular formula is C12H21NO. The standard InChI is InChI=1S/C12H21NO/c1-3-4-5-11-8-12-9-14-7-6-13(12)10(11)2/h12H,3-9H2,1-2H3. The Bertz CT molecular complexity index is 234. The maximum Gasteiger partial charge on any atom is 0.0673 e. The molecule has 0 amide bonds. The molecule has 0 aromatic rings. The van der Waals surface area contributed by atoms with Crippen molar-refractivity contribution in [2.75, 3.05) is 19.8 Å². The zero-order valence-electron chi connectivity index (χ0n) is 9.38. The second-order valence-electron chi connectivity index (χ2n) is 4.42. The second kappa shape index (κ2) is 4.35. The highest BCUT2D eigenvalue weighted by molar-refractivity contribution is 5.21. The Morgan fingerprint density at radius 3 is 3.07 bits per heavy atom. The van der Waals surface area contributed by atoms with Gasteiger partial charge in [0, 0.05) is 12.2 Å². The van der Waals surface area contributed by atoms with Crippen molar-refractivity contribution in [2.45, 2.75) is 45.6 Å². The first-order valence-electron chi connectivity index (χ1n) is 5.86. The quantitative estimate of drug-likeness (QED) is 0.686. The molecule has 1 fully saturated rings. The number of fused-ring (bicyclic) bond motifs is 1. The van der Waals surface area contributed by atoms with Gasteiger partial charge in [0.25, 0.3) is 0 Å². The zero-order chi connectivity index (χ0) is 9.97. The van der Waals surface area contributed by atoms with Crippen LogP contribution >= 0.6 is 0 Å². The van der Waals surface area contributed by atoms with E-state index >= 15 is 0 Å². The lowest BCUT2D eigenvalue weighted by Gasteiger charge is -2.32. The molecule has 0 radical (unpaired) electrons. The van der Waals surface area contributed by atoms with Gasteiger partial charge in [-0.15, -0.1) is 0 Å². The average Bonchev–Trinajstić information content (AvgIpc) is 2.54. The third-order valence-corrected chi connectivity index (χ3v) is 3.48. The van der Waals surface area contributed by atoms with Crippen LogP contribution in [-0.4, -0.2) is 30.7 Å². The molecule has 0 aliphatic carbocycles. The lowest BCUT2D eigenvalue weighted by molar-refractivity contribution is 0.0190. The van der Waals surface area contributed by atoms with Gasteiger partial charge in [0.1, 0.15) is 0 Å². The van der Waals surface area contributed by atoms with Crippen molar-refractivity contribution in [3.63, 3.8) is 0 Å². The Kier molecular flexibility index (Phi) is 3.12. The number of hydrogen-bond donors (Lipinski definition) is 0. The first-order chi connectivity index (χ1) is 6.83. The van der Waals surface area contributed by atoms with Gasteiger partial charge in [0.15, 0.2) is 0 Å². The number of ether oxygens (including phenoxy) is 1. The molecule has 2 aliphatic rings. The van der Waals surface area contributed by atoms with Crippen molar-refractivity contribution in [3.05, 3.63) is 11.3 Å². The smallest absolute Gasteiger partial charge is 0.0673 e. The number of nitrogens with zero attached hydrogens (tertiary/aromatic N) is 1. The van der Waals surface area contributed by atoms with Gasteiger partial charge >= 0.3 is 0 Å². The number of rotatable bonds is 3. The fraction of sp³-hybridized carbons (Fsp3) is 0.833. The van der Waals surface area contributed by atoms with E-state index in [1.165, 1.54) is 25.7 Å². The summed E-state index contributed by atoms with van der Waals surface area (Å²) >= 11 is 0. The van der Waals surface area contributed by atoms with E-state index in [1.807, 2.05) is 0 Å². The number of morpholine rings is 1. The van der Waals surface area contributed by atoms with E-state index in [0.29, 0.717) is 6.04 Å². The highest BCUT2D eigenvalue weighted by Gasteiger charge is 2.30. The maximum atomic E-state index is 5.52. The summed E-state index contributed by atoms with van der Waals surface area (Å²) in [5.74, 6) is 0. The Labute approximate surface area is 86.9 Å². The highest BCUT2D eigenvalue weighted by Crippen LogP contribution is 2.32. The summed E-state index contributed by atoms with van der Waals surface area (Å²) in [7, 11) is 0. The molecule has 0 aromatic heterocycles. The third kappa shape index (κ3) is 1.81. The predicted molar refractivity (Wildman–Crippen MR) is 58.2 cm³/mol. The van der Waals surface area contributed by atoms with E-state index in [4.69, 9.17) is 4.74 Å². The first-order valence-corrected chi connectivity index (χ1v) is 5.86. The average molecular weight is 195 g/mol. The molecule has 1 atom stereocenters. The predicted octanol–water partition coefficient (Wildman–Crippen LogP) is 2.56. The Morgan fingerprint density at radius 2 is 2.36 bits per heavy atom. The lowest BCUT2D eigenvalue weighted by Crippen LogP contribution is -2.40. The SMILES string of the molecule is CCCCC1=C(C)N2CCOCC2C1. The van der Waals surface area contributed by atoms with Crippen LogP contribution in [0.3, 0.4) is 0 Å². The van der Waals surface area contributed by atoms with Crippen LogP contribution in [0.15, 0.2) is 11.3 Å². The summed E-state index contributed by atoms with van der Waals surface area (Å²) in [5.41, 5.74) is 3.23. The molecule has 0 bridgehead atoms. The van der Waals surface area contributed by atoms with Gasteiger partial charge in [-0.25, -0.2) is 0 Å². The van der Waals surface area contributed by atoms with Crippen molar-refractivity contribution in [2.24, 2.45) is 0 Å². The molecule has 2 nitrogen and oxygen atoms in total. The number of allylic oxidation sites excluding steroid dienone is 1. The summed E-state index contributed by atoms with van der Waals surface area (Å²) in [4.78, 5) is 2.55. The Morgan fingerprint density at radius 1 is 1.50 bits per heavy atom. The van der Waals surface area contributed by atoms with Gasteiger partial charge in [-0.05, 0) is 31.8 Å². The van der Waals surface area contributed by atoms with E-state index in [0.717, 1.165) is 19.8 Å². The monoisotopic (exact) mass is 195 g/mol. The van der Waals surface area contributed by atoms with E-state index in [-0.39, 0.29) is 0 Å². The molecule has 0 spiro atoms. The second-order valence-corrected chi connectivity index (χ2v) is 4.42. The topological polar surface area (TPSA) is 12.5 Å².